The Hall–Kier alpha value is -2.44. The number of anilines is 1. The van der Waals surface area contributed by atoms with Gasteiger partial charge in [-0.1, -0.05) is 28.1 Å². The SMILES string of the molecule is CCN(CC)c1ccc2cc(-c3nc(-c4cccc(Br)c4)cs3)c(=O)oc2c1. The number of fused-ring (bicyclic) bond motifs is 1. The van der Waals surface area contributed by atoms with Crippen molar-refractivity contribution < 1.29 is 4.42 Å². The first-order valence-corrected chi connectivity index (χ1v) is 10.8. The van der Waals surface area contributed by atoms with Crippen LogP contribution in [0.3, 0.4) is 0 Å². The topological polar surface area (TPSA) is 46.3 Å². The summed E-state index contributed by atoms with van der Waals surface area (Å²) in [5.41, 5.74) is 3.64. The number of hydrogen-bond donors (Lipinski definition) is 0. The van der Waals surface area contributed by atoms with Crippen LogP contribution < -0.4 is 10.5 Å². The lowest BCUT2D eigenvalue weighted by atomic mass is 10.1. The standard InChI is InChI=1S/C22H19BrN2O2S/c1-3-25(4-2)17-9-8-15-11-18(22(26)27-20(15)12-17)21-24-19(13-28-21)14-6-5-7-16(23)10-14/h5-13H,3-4H2,1-2H3. The molecule has 0 unspecified atom stereocenters. The number of rotatable bonds is 5. The van der Waals surface area contributed by atoms with Crippen LogP contribution in [-0.4, -0.2) is 18.1 Å². The molecule has 2 aromatic heterocycles. The van der Waals surface area contributed by atoms with Gasteiger partial charge in [0.25, 0.3) is 0 Å². The van der Waals surface area contributed by atoms with Crippen LogP contribution in [-0.2, 0) is 0 Å². The summed E-state index contributed by atoms with van der Waals surface area (Å²) in [4.78, 5) is 19.5. The van der Waals surface area contributed by atoms with Gasteiger partial charge in [-0.15, -0.1) is 11.3 Å². The maximum atomic E-state index is 12.6. The highest BCUT2D eigenvalue weighted by Gasteiger charge is 2.14. The van der Waals surface area contributed by atoms with Crippen LogP contribution in [0.15, 0.2) is 67.6 Å². The fourth-order valence-corrected chi connectivity index (χ4v) is 4.44. The summed E-state index contributed by atoms with van der Waals surface area (Å²) < 4.78 is 6.63. The monoisotopic (exact) mass is 454 g/mol. The molecule has 0 fully saturated rings. The zero-order chi connectivity index (χ0) is 19.7. The Bertz CT molecular complexity index is 1190. The third-order valence-electron chi connectivity index (χ3n) is 4.70. The second-order valence-corrected chi connectivity index (χ2v) is 8.16. The molecule has 0 atom stereocenters. The van der Waals surface area contributed by atoms with Crippen molar-refractivity contribution in [2.75, 3.05) is 18.0 Å². The maximum Gasteiger partial charge on any atom is 0.346 e. The Morgan fingerprint density at radius 3 is 2.68 bits per heavy atom. The lowest BCUT2D eigenvalue weighted by Gasteiger charge is -2.20. The predicted molar refractivity (Wildman–Crippen MR) is 120 cm³/mol. The number of nitrogens with zero attached hydrogens (tertiary/aromatic N) is 2. The van der Waals surface area contributed by atoms with Crippen LogP contribution in [0.2, 0.25) is 0 Å². The Kier molecular flexibility index (Phi) is 5.33. The highest BCUT2D eigenvalue weighted by atomic mass is 79.9. The van der Waals surface area contributed by atoms with Gasteiger partial charge in [0.2, 0.25) is 0 Å². The molecular formula is C22H19BrN2O2S. The molecule has 2 heterocycles. The van der Waals surface area contributed by atoms with E-state index in [0.29, 0.717) is 16.2 Å². The third-order valence-corrected chi connectivity index (χ3v) is 6.07. The van der Waals surface area contributed by atoms with Gasteiger partial charge in [0.15, 0.2) is 0 Å². The zero-order valence-electron chi connectivity index (χ0n) is 15.6. The molecule has 0 aliphatic rings. The molecule has 0 saturated heterocycles. The molecular weight excluding hydrogens is 436 g/mol. The molecule has 0 amide bonds. The molecule has 4 nitrogen and oxygen atoms in total. The number of aromatic nitrogens is 1. The van der Waals surface area contributed by atoms with Gasteiger partial charge in [-0.05, 0) is 44.2 Å². The normalized spacial score (nSPS) is 11.1. The molecule has 28 heavy (non-hydrogen) atoms. The summed E-state index contributed by atoms with van der Waals surface area (Å²) in [6.45, 7) is 6.03. The molecule has 0 bridgehead atoms. The van der Waals surface area contributed by atoms with Gasteiger partial charge in [-0.2, -0.15) is 0 Å². The van der Waals surface area contributed by atoms with Gasteiger partial charge in [0, 0.05) is 45.6 Å². The molecule has 0 radical (unpaired) electrons. The molecule has 4 aromatic rings. The molecule has 4 rings (SSSR count). The van der Waals surface area contributed by atoms with Crippen molar-refractivity contribution in [3.05, 3.63) is 68.8 Å². The van der Waals surface area contributed by atoms with E-state index in [9.17, 15) is 4.79 Å². The largest absolute Gasteiger partial charge is 0.422 e. The van der Waals surface area contributed by atoms with Gasteiger partial charge < -0.3 is 9.32 Å². The predicted octanol–water partition coefficient (Wildman–Crippen LogP) is 6.19. The van der Waals surface area contributed by atoms with E-state index in [1.807, 2.05) is 47.8 Å². The minimum Gasteiger partial charge on any atom is -0.422 e. The van der Waals surface area contributed by atoms with Crippen molar-refractivity contribution in [3.63, 3.8) is 0 Å². The van der Waals surface area contributed by atoms with E-state index in [2.05, 4.69) is 45.7 Å². The van der Waals surface area contributed by atoms with Crippen LogP contribution in [0.4, 0.5) is 5.69 Å². The Morgan fingerprint density at radius 1 is 1.11 bits per heavy atom. The first-order chi connectivity index (χ1) is 13.6. The Balaban J connectivity index is 1.74. The summed E-state index contributed by atoms with van der Waals surface area (Å²) in [6, 6.07) is 15.8. The molecule has 0 spiro atoms. The van der Waals surface area contributed by atoms with E-state index in [0.717, 1.165) is 39.9 Å². The summed E-state index contributed by atoms with van der Waals surface area (Å²) >= 11 is 4.93. The molecule has 0 aliphatic carbocycles. The minimum absolute atomic E-state index is 0.362. The first-order valence-electron chi connectivity index (χ1n) is 9.13. The Morgan fingerprint density at radius 2 is 1.93 bits per heavy atom. The molecule has 142 valence electrons. The van der Waals surface area contributed by atoms with Gasteiger partial charge in [-0.3, -0.25) is 0 Å². The highest BCUT2D eigenvalue weighted by Crippen LogP contribution is 2.30. The molecule has 0 aliphatic heterocycles. The average molecular weight is 455 g/mol. The van der Waals surface area contributed by atoms with E-state index in [1.54, 1.807) is 0 Å². The van der Waals surface area contributed by atoms with Crippen LogP contribution in [0.5, 0.6) is 0 Å². The van der Waals surface area contributed by atoms with E-state index in [-0.39, 0.29) is 5.63 Å². The van der Waals surface area contributed by atoms with Gasteiger partial charge in [-0.25, -0.2) is 9.78 Å². The molecule has 2 aromatic carbocycles. The summed E-state index contributed by atoms with van der Waals surface area (Å²) in [7, 11) is 0. The summed E-state index contributed by atoms with van der Waals surface area (Å²) in [6.07, 6.45) is 0. The van der Waals surface area contributed by atoms with Crippen LogP contribution in [0.1, 0.15) is 13.8 Å². The van der Waals surface area contributed by atoms with E-state index < -0.39 is 0 Å². The van der Waals surface area contributed by atoms with E-state index >= 15 is 0 Å². The smallest absolute Gasteiger partial charge is 0.346 e. The van der Waals surface area contributed by atoms with E-state index in [1.165, 1.54) is 11.3 Å². The van der Waals surface area contributed by atoms with Crippen molar-refractivity contribution in [1.82, 2.24) is 4.98 Å². The van der Waals surface area contributed by atoms with Crippen molar-refractivity contribution in [3.8, 4) is 21.8 Å². The van der Waals surface area contributed by atoms with Crippen molar-refractivity contribution in [2.24, 2.45) is 0 Å². The summed E-state index contributed by atoms with van der Waals surface area (Å²) in [5, 5.41) is 3.52. The zero-order valence-corrected chi connectivity index (χ0v) is 18.0. The quantitative estimate of drug-likeness (QED) is 0.337. The number of thiazole rings is 1. The highest BCUT2D eigenvalue weighted by molar-refractivity contribution is 9.10. The first kappa shape index (κ1) is 18.9. The van der Waals surface area contributed by atoms with Gasteiger partial charge in [0.05, 0.1) is 11.3 Å². The Labute approximate surface area is 175 Å². The second-order valence-electron chi connectivity index (χ2n) is 6.39. The molecule has 6 heteroatoms. The fraction of sp³-hybridized carbons (Fsp3) is 0.182. The lowest BCUT2D eigenvalue weighted by molar-refractivity contribution is 0.563. The molecule has 0 N–H and O–H groups in total. The van der Waals surface area contributed by atoms with Crippen molar-refractivity contribution in [2.45, 2.75) is 13.8 Å². The van der Waals surface area contributed by atoms with Crippen molar-refractivity contribution in [1.29, 1.82) is 0 Å². The van der Waals surface area contributed by atoms with E-state index in [4.69, 9.17) is 4.42 Å². The second kappa shape index (κ2) is 7.89. The number of benzene rings is 2. The maximum absolute atomic E-state index is 12.6. The van der Waals surface area contributed by atoms with Crippen LogP contribution in [0.25, 0.3) is 32.8 Å². The van der Waals surface area contributed by atoms with Crippen LogP contribution >= 0.6 is 27.3 Å². The number of hydrogen-bond acceptors (Lipinski definition) is 5. The molecule has 0 saturated carbocycles. The lowest BCUT2D eigenvalue weighted by Crippen LogP contribution is -2.21. The average Bonchev–Trinajstić information content (AvgIpc) is 3.18. The van der Waals surface area contributed by atoms with Gasteiger partial charge in [0.1, 0.15) is 10.6 Å². The minimum atomic E-state index is -0.362. The van der Waals surface area contributed by atoms with Crippen LogP contribution in [0, 0.1) is 0 Å². The summed E-state index contributed by atoms with van der Waals surface area (Å²) in [5.74, 6) is 0. The van der Waals surface area contributed by atoms with Gasteiger partial charge >= 0.3 is 5.63 Å². The van der Waals surface area contributed by atoms with Crippen molar-refractivity contribution >= 4 is 43.9 Å². The fourth-order valence-electron chi connectivity index (χ4n) is 3.21. The third kappa shape index (κ3) is 3.62. The number of halogens is 1.